The number of hydrogen-bond acceptors (Lipinski definition) is 5. The van der Waals surface area contributed by atoms with Crippen LogP contribution >= 0.6 is 0 Å². The zero-order valence-corrected chi connectivity index (χ0v) is 14.2. The molecule has 0 amide bonds. The van der Waals surface area contributed by atoms with Crippen molar-refractivity contribution in [2.24, 2.45) is 0 Å². The van der Waals surface area contributed by atoms with E-state index in [0.29, 0.717) is 13.1 Å². The Morgan fingerprint density at radius 3 is 2.28 bits per heavy atom. The Kier molecular flexibility index (Phi) is 7.07. The van der Waals surface area contributed by atoms with Gasteiger partial charge in [-0.15, -0.1) is 5.06 Å². The molecule has 1 aromatic carbocycles. The highest BCUT2D eigenvalue weighted by molar-refractivity contribution is 5.63. The van der Waals surface area contributed by atoms with Crippen molar-refractivity contribution in [1.29, 1.82) is 0 Å². The molecule has 0 radical (unpaired) electrons. The van der Waals surface area contributed by atoms with Gasteiger partial charge in [-0.3, -0.25) is 0 Å². The third-order valence-electron chi connectivity index (χ3n) is 4.00. The highest BCUT2D eigenvalue weighted by Gasteiger charge is 2.30. The van der Waals surface area contributed by atoms with Gasteiger partial charge in [-0.25, -0.2) is 4.79 Å². The smallest absolute Gasteiger partial charge is 0.394 e. The number of unbranched alkanes of at least 4 members (excludes halogenated alkanes) is 2. The van der Waals surface area contributed by atoms with E-state index in [9.17, 15) is 18.0 Å². The number of piperazine rings is 1. The van der Waals surface area contributed by atoms with Crippen molar-refractivity contribution >= 4 is 6.16 Å². The molecule has 25 heavy (non-hydrogen) atoms. The molecular formula is C17H23F3N2O3. The van der Waals surface area contributed by atoms with Gasteiger partial charge in [0.25, 0.3) is 0 Å². The van der Waals surface area contributed by atoms with Crippen molar-refractivity contribution < 1.29 is 27.5 Å². The first-order chi connectivity index (χ1) is 11.9. The summed E-state index contributed by atoms with van der Waals surface area (Å²) >= 11 is 0. The van der Waals surface area contributed by atoms with Gasteiger partial charge in [-0.05, 0) is 37.2 Å². The first kappa shape index (κ1) is 19.5. The van der Waals surface area contributed by atoms with Gasteiger partial charge < -0.3 is 14.5 Å². The normalized spacial score (nSPS) is 16.6. The van der Waals surface area contributed by atoms with Crippen LogP contribution in [-0.2, 0) is 11.0 Å². The number of hydroxylamine groups is 2. The van der Waals surface area contributed by atoms with E-state index in [1.54, 1.807) is 0 Å². The van der Waals surface area contributed by atoms with Gasteiger partial charge in [0.1, 0.15) is 5.75 Å². The third kappa shape index (κ3) is 6.55. The van der Waals surface area contributed by atoms with Gasteiger partial charge >= 0.3 is 12.3 Å². The zero-order valence-electron chi connectivity index (χ0n) is 14.2. The highest BCUT2D eigenvalue weighted by atomic mass is 19.4. The average molecular weight is 360 g/mol. The lowest BCUT2D eigenvalue weighted by molar-refractivity contribution is -0.137. The molecule has 0 bridgehead atoms. The molecule has 5 nitrogen and oxygen atoms in total. The Labute approximate surface area is 145 Å². The van der Waals surface area contributed by atoms with E-state index >= 15 is 0 Å². The molecule has 1 fully saturated rings. The molecule has 140 valence electrons. The average Bonchev–Trinajstić information content (AvgIpc) is 2.56. The summed E-state index contributed by atoms with van der Waals surface area (Å²) in [5.74, 6) is 0.0104. The number of ether oxygens (including phenoxy) is 1. The van der Waals surface area contributed by atoms with E-state index in [-0.39, 0.29) is 5.75 Å². The van der Waals surface area contributed by atoms with Gasteiger partial charge in [0.15, 0.2) is 0 Å². The Bertz CT molecular complexity index is 541. The fraction of sp³-hybridized carbons (Fsp3) is 0.588. The number of nitrogens with zero attached hydrogens (tertiary/aromatic N) is 2. The van der Waals surface area contributed by atoms with Gasteiger partial charge in [0.2, 0.25) is 0 Å². The molecule has 8 heteroatoms. The summed E-state index contributed by atoms with van der Waals surface area (Å²) < 4.78 is 42.3. The maximum Gasteiger partial charge on any atom is 0.533 e. The second kappa shape index (κ2) is 9.05. The monoisotopic (exact) mass is 360 g/mol. The summed E-state index contributed by atoms with van der Waals surface area (Å²) in [7, 11) is 0. The maximum atomic E-state index is 12.5. The van der Waals surface area contributed by atoms with E-state index in [0.717, 1.165) is 50.3 Å². The second-order valence-electron chi connectivity index (χ2n) is 5.94. The molecule has 1 aromatic rings. The van der Waals surface area contributed by atoms with Crippen LogP contribution in [0.25, 0.3) is 0 Å². The molecule has 2 rings (SSSR count). The predicted octanol–water partition coefficient (Wildman–Crippen LogP) is 3.94. The summed E-state index contributed by atoms with van der Waals surface area (Å²) in [5, 5.41) is 1.52. The first-order valence-corrected chi connectivity index (χ1v) is 8.43. The van der Waals surface area contributed by atoms with Crippen LogP contribution in [0.1, 0.15) is 31.7 Å². The second-order valence-corrected chi connectivity index (χ2v) is 5.94. The number of carbonyl (C=O) groups is 1. The third-order valence-corrected chi connectivity index (χ3v) is 4.00. The summed E-state index contributed by atoms with van der Waals surface area (Å²) in [6, 6.07) is 3.90. The van der Waals surface area contributed by atoms with E-state index in [1.165, 1.54) is 17.9 Å². The number of carbonyl (C=O) groups excluding carboxylic acids is 1. The van der Waals surface area contributed by atoms with Crippen LogP contribution in [0.15, 0.2) is 24.3 Å². The number of benzene rings is 1. The Hall–Kier alpha value is -1.80. The Balaban J connectivity index is 1.72. The van der Waals surface area contributed by atoms with Crippen LogP contribution < -0.4 is 4.74 Å². The summed E-state index contributed by atoms with van der Waals surface area (Å²) in [6.45, 7) is 5.96. The quantitative estimate of drug-likeness (QED) is 0.437. The topological polar surface area (TPSA) is 42.0 Å². The summed E-state index contributed by atoms with van der Waals surface area (Å²) in [4.78, 5) is 19.1. The van der Waals surface area contributed by atoms with Crippen LogP contribution in [-0.4, -0.2) is 48.8 Å². The molecule has 0 spiro atoms. The molecule has 1 saturated heterocycles. The highest BCUT2D eigenvalue weighted by Crippen LogP contribution is 2.30. The largest absolute Gasteiger partial charge is 0.533 e. The van der Waals surface area contributed by atoms with Gasteiger partial charge in [0.05, 0.1) is 5.56 Å². The van der Waals surface area contributed by atoms with E-state index in [1.807, 2.05) is 0 Å². The molecular weight excluding hydrogens is 337 g/mol. The molecule has 0 aliphatic carbocycles. The Morgan fingerprint density at radius 2 is 1.72 bits per heavy atom. The van der Waals surface area contributed by atoms with Crippen LogP contribution in [0.3, 0.4) is 0 Å². The van der Waals surface area contributed by atoms with Crippen molar-refractivity contribution in [3.8, 4) is 5.75 Å². The fourth-order valence-electron chi connectivity index (χ4n) is 2.56. The van der Waals surface area contributed by atoms with Crippen molar-refractivity contribution in [2.45, 2.75) is 32.4 Å². The van der Waals surface area contributed by atoms with Crippen LogP contribution in [0.5, 0.6) is 5.75 Å². The van der Waals surface area contributed by atoms with E-state index in [2.05, 4.69) is 11.8 Å². The predicted molar refractivity (Wildman–Crippen MR) is 86.1 cm³/mol. The molecule has 0 saturated carbocycles. The van der Waals surface area contributed by atoms with E-state index < -0.39 is 17.9 Å². The van der Waals surface area contributed by atoms with Gasteiger partial charge in [-0.1, -0.05) is 19.8 Å². The molecule has 1 aliphatic rings. The number of hydrogen-bond donors (Lipinski definition) is 0. The van der Waals surface area contributed by atoms with Crippen LogP contribution in [0, 0.1) is 0 Å². The molecule has 0 N–H and O–H groups in total. The number of alkyl halides is 3. The number of rotatable bonds is 6. The standard InChI is InChI=1S/C17H23F3N2O3/c1-2-3-4-9-21-10-12-22(13-11-21)25-16(23)24-15-7-5-14(6-8-15)17(18,19)20/h5-8H,2-4,9-13H2,1H3. The van der Waals surface area contributed by atoms with Crippen molar-refractivity contribution in [3.63, 3.8) is 0 Å². The fourth-order valence-corrected chi connectivity index (χ4v) is 2.56. The van der Waals surface area contributed by atoms with Crippen molar-refractivity contribution in [2.75, 3.05) is 32.7 Å². The first-order valence-electron chi connectivity index (χ1n) is 8.43. The SMILES string of the molecule is CCCCCN1CCN(OC(=O)Oc2ccc(C(F)(F)F)cc2)CC1. The lowest BCUT2D eigenvalue weighted by Gasteiger charge is -2.32. The lowest BCUT2D eigenvalue weighted by Crippen LogP contribution is -2.47. The van der Waals surface area contributed by atoms with Crippen molar-refractivity contribution in [3.05, 3.63) is 29.8 Å². The lowest BCUT2D eigenvalue weighted by atomic mass is 10.2. The Morgan fingerprint density at radius 1 is 1.08 bits per heavy atom. The van der Waals surface area contributed by atoms with Crippen molar-refractivity contribution in [1.82, 2.24) is 9.96 Å². The van der Waals surface area contributed by atoms with E-state index in [4.69, 9.17) is 9.57 Å². The molecule has 0 unspecified atom stereocenters. The number of halogens is 3. The maximum absolute atomic E-state index is 12.5. The molecule has 0 atom stereocenters. The summed E-state index contributed by atoms with van der Waals surface area (Å²) in [5.41, 5.74) is -0.799. The van der Waals surface area contributed by atoms with Gasteiger partial charge in [-0.2, -0.15) is 13.2 Å². The minimum Gasteiger partial charge on any atom is -0.394 e. The van der Waals surface area contributed by atoms with Gasteiger partial charge in [0, 0.05) is 26.2 Å². The molecule has 0 aromatic heterocycles. The molecule has 1 heterocycles. The van der Waals surface area contributed by atoms with Crippen LogP contribution in [0.4, 0.5) is 18.0 Å². The minimum atomic E-state index is -4.42. The molecule has 1 aliphatic heterocycles. The summed E-state index contributed by atoms with van der Waals surface area (Å²) in [6.07, 6.45) is -1.82. The zero-order chi connectivity index (χ0) is 18.3. The van der Waals surface area contributed by atoms with Crippen LogP contribution in [0.2, 0.25) is 0 Å². The minimum absolute atomic E-state index is 0.0104.